The van der Waals surface area contributed by atoms with Crippen LogP contribution in [-0.4, -0.2) is 41.9 Å². The van der Waals surface area contributed by atoms with Crippen molar-refractivity contribution in [2.24, 2.45) is 0 Å². The minimum absolute atomic E-state index is 0.0748. The summed E-state index contributed by atoms with van der Waals surface area (Å²) < 4.78 is 33.2. The Morgan fingerprint density at radius 1 is 0.939 bits per heavy atom. The number of benzene rings is 3. The molecule has 1 aliphatic rings. The molecule has 1 saturated heterocycles. The number of rotatable bonds is 6. The summed E-state index contributed by atoms with van der Waals surface area (Å²) >= 11 is 12.2. The largest absolute Gasteiger partial charge is 0.487 e. The molecule has 0 bridgehead atoms. The Bertz CT molecular complexity index is 1150. The van der Waals surface area contributed by atoms with Gasteiger partial charge in [-0.3, -0.25) is 9.69 Å². The summed E-state index contributed by atoms with van der Waals surface area (Å²) in [6, 6.07) is 16.6. The molecule has 1 fully saturated rings. The summed E-state index contributed by atoms with van der Waals surface area (Å²) in [6.07, 6.45) is 0. The normalized spacial score (nSPS) is 14.4. The number of hydrogen-bond donors (Lipinski definition) is 0. The third-order valence-electron chi connectivity index (χ3n) is 5.57. The molecule has 1 amide bonds. The second-order valence-corrected chi connectivity index (χ2v) is 8.61. The van der Waals surface area contributed by atoms with Gasteiger partial charge < -0.3 is 9.64 Å². The minimum atomic E-state index is -0.845. The van der Waals surface area contributed by atoms with Crippen molar-refractivity contribution in [1.82, 2.24) is 9.80 Å². The molecule has 8 heteroatoms. The molecule has 0 aromatic heterocycles. The van der Waals surface area contributed by atoms with Crippen molar-refractivity contribution in [2.45, 2.75) is 13.2 Å². The average molecular weight is 491 g/mol. The molecule has 1 heterocycles. The first-order valence-corrected chi connectivity index (χ1v) is 11.3. The van der Waals surface area contributed by atoms with Crippen LogP contribution in [0.5, 0.6) is 5.75 Å². The maximum absolute atomic E-state index is 13.9. The van der Waals surface area contributed by atoms with Gasteiger partial charge in [0.05, 0.1) is 5.02 Å². The van der Waals surface area contributed by atoms with Gasteiger partial charge in [0.1, 0.15) is 17.4 Å². The van der Waals surface area contributed by atoms with Crippen LogP contribution in [0.4, 0.5) is 8.78 Å². The highest BCUT2D eigenvalue weighted by Gasteiger charge is 2.23. The molecule has 3 aromatic carbocycles. The molecular weight excluding hydrogens is 469 g/mol. The molecule has 0 N–H and O–H groups in total. The van der Waals surface area contributed by atoms with E-state index in [1.807, 2.05) is 17.0 Å². The number of nitrogens with zero attached hydrogens (tertiary/aromatic N) is 2. The highest BCUT2D eigenvalue weighted by atomic mass is 35.5. The first-order valence-electron chi connectivity index (χ1n) is 10.5. The smallest absolute Gasteiger partial charge is 0.253 e. The van der Waals surface area contributed by atoms with Crippen molar-refractivity contribution < 1.29 is 18.3 Å². The Kier molecular flexibility index (Phi) is 7.48. The standard InChI is InChI=1S/C25H22Cl2F2N2O2/c26-20-7-3-9-22(23(20)27)33-16-17-4-1-5-18(14-17)25(32)31-12-10-30(11-13-31)15-19-6-2-8-21(28)24(19)29/h1-9,14H,10-13,15-16H2. The van der Waals surface area contributed by atoms with Crippen molar-refractivity contribution in [3.8, 4) is 5.75 Å². The van der Waals surface area contributed by atoms with Crippen molar-refractivity contribution in [3.05, 3.63) is 99.0 Å². The van der Waals surface area contributed by atoms with Crippen molar-refractivity contribution >= 4 is 29.1 Å². The van der Waals surface area contributed by atoms with Gasteiger partial charge in [0.25, 0.3) is 5.91 Å². The van der Waals surface area contributed by atoms with E-state index in [0.29, 0.717) is 59.6 Å². The Morgan fingerprint density at radius 3 is 2.45 bits per heavy atom. The quantitative estimate of drug-likeness (QED) is 0.437. The zero-order chi connectivity index (χ0) is 23.4. The van der Waals surface area contributed by atoms with Crippen molar-refractivity contribution in [2.75, 3.05) is 26.2 Å². The van der Waals surface area contributed by atoms with E-state index in [0.717, 1.165) is 11.6 Å². The van der Waals surface area contributed by atoms with Crippen LogP contribution in [0.25, 0.3) is 0 Å². The monoisotopic (exact) mass is 490 g/mol. The Hall–Kier alpha value is -2.67. The van der Waals surface area contributed by atoms with E-state index in [1.54, 1.807) is 41.3 Å². The van der Waals surface area contributed by atoms with E-state index >= 15 is 0 Å². The molecular formula is C25H22Cl2F2N2O2. The predicted molar refractivity (Wildman–Crippen MR) is 125 cm³/mol. The second kappa shape index (κ2) is 10.5. The van der Waals surface area contributed by atoms with E-state index in [2.05, 4.69) is 0 Å². The third kappa shape index (κ3) is 5.64. The molecule has 33 heavy (non-hydrogen) atoms. The van der Waals surface area contributed by atoms with E-state index < -0.39 is 11.6 Å². The molecule has 3 aromatic rings. The molecule has 0 unspecified atom stereocenters. The molecule has 0 saturated carbocycles. The van der Waals surface area contributed by atoms with Crippen LogP contribution >= 0.6 is 23.2 Å². The topological polar surface area (TPSA) is 32.8 Å². The lowest BCUT2D eigenvalue weighted by atomic mass is 10.1. The van der Waals surface area contributed by atoms with Gasteiger partial charge in [-0.25, -0.2) is 8.78 Å². The Labute approximate surface area is 201 Å². The first kappa shape index (κ1) is 23.5. The van der Waals surface area contributed by atoms with Gasteiger partial charge >= 0.3 is 0 Å². The highest BCUT2D eigenvalue weighted by Crippen LogP contribution is 2.32. The fourth-order valence-electron chi connectivity index (χ4n) is 3.75. The van der Waals surface area contributed by atoms with Gasteiger partial charge in [0.2, 0.25) is 0 Å². The lowest BCUT2D eigenvalue weighted by Crippen LogP contribution is -2.48. The molecule has 0 aliphatic carbocycles. The summed E-state index contributed by atoms with van der Waals surface area (Å²) in [5.74, 6) is -1.25. The van der Waals surface area contributed by atoms with Crippen LogP contribution in [0.1, 0.15) is 21.5 Å². The van der Waals surface area contributed by atoms with E-state index in [-0.39, 0.29) is 12.5 Å². The van der Waals surface area contributed by atoms with Crippen LogP contribution in [0, 0.1) is 11.6 Å². The molecule has 0 atom stereocenters. The number of carbonyl (C=O) groups is 1. The van der Waals surface area contributed by atoms with Gasteiger partial charge in [0, 0.05) is 43.9 Å². The van der Waals surface area contributed by atoms with Crippen LogP contribution in [0.3, 0.4) is 0 Å². The van der Waals surface area contributed by atoms with Gasteiger partial charge in [-0.2, -0.15) is 0 Å². The maximum atomic E-state index is 13.9. The van der Waals surface area contributed by atoms with Crippen LogP contribution in [-0.2, 0) is 13.2 Å². The van der Waals surface area contributed by atoms with Gasteiger partial charge in [-0.15, -0.1) is 0 Å². The highest BCUT2D eigenvalue weighted by molar-refractivity contribution is 6.42. The maximum Gasteiger partial charge on any atom is 0.253 e. The SMILES string of the molecule is O=C(c1cccc(COc2cccc(Cl)c2Cl)c1)N1CCN(Cc2cccc(F)c2F)CC1. The fourth-order valence-corrected chi connectivity index (χ4v) is 4.10. The summed E-state index contributed by atoms with van der Waals surface area (Å²) in [4.78, 5) is 16.8. The molecule has 1 aliphatic heterocycles. The zero-order valence-electron chi connectivity index (χ0n) is 17.7. The Balaban J connectivity index is 1.34. The van der Waals surface area contributed by atoms with E-state index in [9.17, 15) is 13.6 Å². The molecule has 0 spiro atoms. The predicted octanol–water partition coefficient (Wildman–Crippen LogP) is 5.81. The summed E-state index contributed by atoms with van der Waals surface area (Å²) in [5.41, 5.74) is 1.72. The number of piperazine rings is 1. The number of hydrogen-bond acceptors (Lipinski definition) is 3. The number of ether oxygens (including phenoxy) is 1. The van der Waals surface area contributed by atoms with Crippen molar-refractivity contribution in [1.29, 1.82) is 0 Å². The number of amides is 1. The summed E-state index contributed by atoms with van der Waals surface area (Å²) in [6.45, 7) is 2.73. The van der Waals surface area contributed by atoms with Crippen LogP contribution in [0.15, 0.2) is 60.7 Å². The lowest BCUT2D eigenvalue weighted by molar-refractivity contribution is 0.0626. The molecule has 0 radical (unpaired) electrons. The van der Waals surface area contributed by atoms with E-state index in [1.165, 1.54) is 6.07 Å². The van der Waals surface area contributed by atoms with Crippen LogP contribution < -0.4 is 4.74 Å². The van der Waals surface area contributed by atoms with Gasteiger partial charge in [-0.1, -0.05) is 53.5 Å². The zero-order valence-corrected chi connectivity index (χ0v) is 19.3. The third-order valence-corrected chi connectivity index (χ3v) is 6.37. The van der Waals surface area contributed by atoms with E-state index in [4.69, 9.17) is 27.9 Å². The second-order valence-electron chi connectivity index (χ2n) is 7.82. The lowest BCUT2D eigenvalue weighted by Gasteiger charge is -2.35. The molecule has 4 nitrogen and oxygen atoms in total. The molecule has 172 valence electrons. The van der Waals surface area contributed by atoms with Gasteiger partial charge in [0.15, 0.2) is 11.6 Å². The average Bonchev–Trinajstić information content (AvgIpc) is 2.83. The first-order chi connectivity index (χ1) is 15.9. The van der Waals surface area contributed by atoms with Gasteiger partial charge in [-0.05, 0) is 35.9 Å². The van der Waals surface area contributed by atoms with Crippen LogP contribution in [0.2, 0.25) is 10.0 Å². The Morgan fingerprint density at radius 2 is 1.67 bits per heavy atom. The number of halogens is 4. The van der Waals surface area contributed by atoms with Crippen molar-refractivity contribution in [3.63, 3.8) is 0 Å². The minimum Gasteiger partial charge on any atom is -0.487 e. The fraction of sp³-hybridized carbons (Fsp3) is 0.240. The number of carbonyl (C=O) groups excluding carboxylic acids is 1. The molecule has 4 rings (SSSR count). The summed E-state index contributed by atoms with van der Waals surface area (Å²) in [5, 5.41) is 0.764. The summed E-state index contributed by atoms with van der Waals surface area (Å²) in [7, 11) is 0.